The van der Waals surface area contributed by atoms with Gasteiger partial charge in [0.05, 0.1) is 24.9 Å². The van der Waals surface area contributed by atoms with E-state index in [2.05, 4.69) is 0 Å². The standard InChI is InChI=1S/C15H18ClNO4S/c1-20-9-7-17(10-13-6-8-21-11-13)22(18,19)12-14-4-2-3-5-15(14)16/h2-6,8,11H,7,9-10,12H2,1H3. The number of rotatable bonds is 8. The molecule has 0 amide bonds. The van der Waals surface area contributed by atoms with E-state index in [1.165, 1.54) is 23.9 Å². The molecule has 0 unspecified atom stereocenters. The fourth-order valence-corrected chi connectivity index (χ4v) is 3.81. The molecular formula is C15H18ClNO4S. The molecule has 0 atom stereocenters. The van der Waals surface area contributed by atoms with Crippen molar-refractivity contribution in [1.29, 1.82) is 0 Å². The Balaban J connectivity index is 2.18. The van der Waals surface area contributed by atoms with Crippen molar-refractivity contribution in [2.75, 3.05) is 20.3 Å². The van der Waals surface area contributed by atoms with Gasteiger partial charge >= 0.3 is 0 Å². The molecule has 0 saturated carbocycles. The SMILES string of the molecule is COCCN(Cc1ccoc1)S(=O)(=O)Cc1ccccc1Cl. The fraction of sp³-hybridized carbons (Fsp3) is 0.333. The van der Waals surface area contributed by atoms with Gasteiger partial charge in [-0.05, 0) is 17.7 Å². The van der Waals surface area contributed by atoms with Gasteiger partial charge in [-0.2, -0.15) is 4.31 Å². The number of halogens is 1. The van der Waals surface area contributed by atoms with Crippen LogP contribution in [0, 0.1) is 0 Å². The molecule has 0 N–H and O–H groups in total. The van der Waals surface area contributed by atoms with Gasteiger partial charge in [0.1, 0.15) is 0 Å². The van der Waals surface area contributed by atoms with Crippen LogP contribution in [0.3, 0.4) is 0 Å². The lowest BCUT2D eigenvalue weighted by Gasteiger charge is -2.21. The van der Waals surface area contributed by atoms with Gasteiger partial charge in [0, 0.05) is 30.8 Å². The van der Waals surface area contributed by atoms with Crippen molar-refractivity contribution in [1.82, 2.24) is 4.31 Å². The van der Waals surface area contributed by atoms with E-state index in [4.69, 9.17) is 20.8 Å². The van der Waals surface area contributed by atoms with Gasteiger partial charge in [0.25, 0.3) is 0 Å². The van der Waals surface area contributed by atoms with Crippen LogP contribution >= 0.6 is 11.6 Å². The predicted octanol–water partition coefficient (Wildman–Crippen LogP) is 2.91. The molecule has 7 heteroatoms. The summed E-state index contributed by atoms with van der Waals surface area (Å²) in [5.41, 5.74) is 1.37. The highest BCUT2D eigenvalue weighted by Crippen LogP contribution is 2.20. The molecule has 0 spiro atoms. The fourth-order valence-electron chi connectivity index (χ4n) is 2.00. The van der Waals surface area contributed by atoms with Gasteiger partial charge in [-0.1, -0.05) is 29.8 Å². The number of sulfonamides is 1. The maximum Gasteiger partial charge on any atom is 0.218 e. The summed E-state index contributed by atoms with van der Waals surface area (Å²) >= 11 is 6.06. The summed E-state index contributed by atoms with van der Waals surface area (Å²) in [6, 6.07) is 8.68. The molecule has 1 aromatic carbocycles. The number of nitrogens with zero attached hydrogens (tertiary/aromatic N) is 1. The van der Waals surface area contributed by atoms with Gasteiger partial charge < -0.3 is 9.15 Å². The van der Waals surface area contributed by atoms with Crippen molar-refractivity contribution in [2.45, 2.75) is 12.3 Å². The molecular weight excluding hydrogens is 326 g/mol. The number of hydrogen-bond donors (Lipinski definition) is 0. The molecule has 2 aromatic rings. The Morgan fingerprint density at radius 1 is 1.27 bits per heavy atom. The van der Waals surface area contributed by atoms with Gasteiger partial charge in [0.2, 0.25) is 10.0 Å². The third kappa shape index (κ3) is 4.58. The second-order valence-corrected chi connectivity index (χ2v) is 7.18. The van der Waals surface area contributed by atoms with E-state index in [1.807, 2.05) is 0 Å². The Morgan fingerprint density at radius 3 is 2.68 bits per heavy atom. The molecule has 1 aromatic heterocycles. The zero-order chi connectivity index (χ0) is 16.0. The lowest BCUT2D eigenvalue weighted by Crippen LogP contribution is -2.34. The minimum atomic E-state index is -3.52. The molecule has 0 aliphatic heterocycles. The molecule has 22 heavy (non-hydrogen) atoms. The van der Waals surface area contributed by atoms with E-state index in [9.17, 15) is 8.42 Å². The first-order chi connectivity index (χ1) is 10.5. The second kappa shape index (κ2) is 7.78. The summed E-state index contributed by atoms with van der Waals surface area (Å²) in [6.45, 7) is 0.834. The number of ether oxygens (including phenoxy) is 1. The molecule has 0 saturated heterocycles. The van der Waals surface area contributed by atoms with E-state index in [0.717, 1.165) is 5.56 Å². The van der Waals surface area contributed by atoms with Crippen LogP contribution in [-0.4, -0.2) is 33.0 Å². The second-order valence-electron chi connectivity index (χ2n) is 4.81. The van der Waals surface area contributed by atoms with Crippen LogP contribution in [0.4, 0.5) is 0 Å². The Kier molecular flexibility index (Phi) is 6.02. The van der Waals surface area contributed by atoms with E-state index in [1.54, 1.807) is 30.3 Å². The number of methoxy groups -OCH3 is 1. The van der Waals surface area contributed by atoms with Crippen LogP contribution in [0.2, 0.25) is 5.02 Å². The average Bonchev–Trinajstić information content (AvgIpc) is 2.98. The highest BCUT2D eigenvalue weighted by Gasteiger charge is 2.23. The van der Waals surface area contributed by atoms with Crippen molar-refractivity contribution in [2.24, 2.45) is 0 Å². The Morgan fingerprint density at radius 2 is 2.05 bits per heavy atom. The van der Waals surface area contributed by atoms with Crippen LogP contribution in [0.5, 0.6) is 0 Å². The third-order valence-electron chi connectivity index (χ3n) is 3.17. The topological polar surface area (TPSA) is 59.8 Å². The number of furan rings is 1. The summed E-state index contributed by atoms with van der Waals surface area (Å²) in [4.78, 5) is 0. The molecule has 0 radical (unpaired) electrons. The summed E-state index contributed by atoms with van der Waals surface area (Å²) in [5, 5.41) is 0.445. The summed E-state index contributed by atoms with van der Waals surface area (Å²) in [6.07, 6.45) is 3.05. The van der Waals surface area contributed by atoms with Gasteiger partial charge in [-0.25, -0.2) is 8.42 Å². The highest BCUT2D eigenvalue weighted by molar-refractivity contribution is 7.88. The third-order valence-corrected chi connectivity index (χ3v) is 5.32. The minimum absolute atomic E-state index is 0.145. The molecule has 0 aliphatic carbocycles. The maximum absolute atomic E-state index is 12.7. The zero-order valence-corrected chi connectivity index (χ0v) is 13.8. The molecule has 0 bridgehead atoms. The van der Waals surface area contributed by atoms with E-state index in [-0.39, 0.29) is 18.8 Å². The summed E-state index contributed by atoms with van der Waals surface area (Å²) in [7, 11) is -1.98. The Hall–Kier alpha value is -1.34. The predicted molar refractivity (Wildman–Crippen MR) is 85.1 cm³/mol. The van der Waals surface area contributed by atoms with E-state index < -0.39 is 10.0 Å². The lowest BCUT2D eigenvalue weighted by atomic mass is 10.2. The Bertz CT molecular complexity index is 685. The molecule has 0 aliphatic rings. The number of hydrogen-bond acceptors (Lipinski definition) is 4. The number of benzene rings is 1. The van der Waals surface area contributed by atoms with E-state index in [0.29, 0.717) is 17.2 Å². The quantitative estimate of drug-likeness (QED) is 0.739. The summed E-state index contributed by atoms with van der Waals surface area (Å²) in [5.74, 6) is -0.145. The first-order valence-electron chi connectivity index (χ1n) is 6.74. The van der Waals surface area contributed by atoms with Crippen LogP contribution in [0.15, 0.2) is 47.3 Å². The van der Waals surface area contributed by atoms with Crippen molar-refractivity contribution in [3.8, 4) is 0 Å². The molecule has 1 heterocycles. The molecule has 2 rings (SSSR count). The van der Waals surface area contributed by atoms with Crippen molar-refractivity contribution >= 4 is 21.6 Å². The first kappa shape index (κ1) is 17.0. The van der Waals surface area contributed by atoms with Gasteiger partial charge in [0.15, 0.2) is 0 Å². The van der Waals surface area contributed by atoms with Crippen molar-refractivity contribution < 1.29 is 17.6 Å². The molecule has 120 valence electrons. The zero-order valence-electron chi connectivity index (χ0n) is 12.2. The van der Waals surface area contributed by atoms with Crippen LogP contribution in [0.25, 0.3) is 0 Å². The normalized spacial score (nSPS) is 12.0. The summed E-state index contributed by atoms with van der Waals surface area (Å²) < 4.78 is 36.7. The maximum atomic E-state index is 12.7. The van der Waals surface area contributed by atoms with Crippen molar-refractivity contribution in [3.63, 3.8) is 0 Å². The Labute approximate surface area is 135 Å². The monoisotopic (exact) mass is 343 g/mol. The average molecular weight is 344 g/mol. The largest absolute Gasteiger partial charge is 0.472 e. The lowest BCUT2D eigenvalue weighted by molar-refractivity contribution is 0.177. The van der Waals surface area contributed by atoms with Gasteiger partial charge in [-0.15, -0.1) is 0 Å². The first-order valence-corrected chi connectivity index (χ1v) is 8.73. The van der Waals surface area contributed by atoms with Crippen LogP contribution in [0.1, 0.15) is 11.1 Å². The molecule has 0 fully saturated rings. The smallest absolute Gasteiger partial charge is 0.218 e. The van der Waals surface area contributed by atoms with Gasteiger partial charge in [-0.3, -0.25) is 0 Å². The minimum Gasteiger partial charge on any atom is -0.472 e. The highest BCUT2D eigenvalue weighted by atomic mass is 35.5. The van der Waals surface area contributed by atoms with E-state index >= 15 is 0 Å². The van der Waals surface area contributed by atoms with Crippen LogP contribution in [-0.2, 0) is 27.1 Å². The van der Waals surface area contributed by atoms with Crippen LogP contribution < -0.4 is 0 Å². The van der Waals surface area contributed by atoms with Crippen molar-refractivity contribution in [3.05, 3.63) is 59.0 Å². The molecule has 5 nitrogen and oxygen atoms in total.